The number of halogens is 2. The number of benzene rings is 2. The maximum Gasteiger partial charge on any atom is 0.240 e. The third kappa shape index (κ3) is 6.32. The van der Waals surface area contributed by atoms with Crippen molar-refractivity contribution in [2.24, 2.45) is 11.1 Å². The molecule has 2 N–H and O–H groups in total. The predicted octanol–water partition coefficient (Wildman–Crippen LogP) is 6.57. The Hall–Kier alpha value is -3.71. The van der Waals surface area contributed by atoms with E-state index in [1.807, 2.05) is 17.0 Å². The van der Waals surface area contributed by atoms with E-state index in [1.54, 1.807) is 37.3 Å². The number of furan rings is 1. The van der Waals surface area contributed by atoms with E-state index in [-0.39, 0.29) is 6.42 Å². The number of nitrogens with two attached hydrogens (primary N) is 1. The van der Waals surface area contributed by atoms with Crippen molar-refractivity contribution in [3.05, 3.63) is 93.8 Å². The largest absolute Gasteiger partial charge is 0.461 e. The first-order valence-corrected chi connectivity index (χ1v) is 16.3. The second-order valence-corrected chi connectivity index (χ2v) is 13.0. The van der Waals surface area contributed by atoms with Crippen LogP contribution < -0.4 is 5.14 Å². The van der Waals surface area contributed by atoms with Crippen LogP contribution in [0.15, 0.2) is 63.2 Å². The van der Waals surface area contributed by atoms with Gasteiger partial charge in [0.15, 0.2) is 0 Å². The average molecular weight is 625 g/mol. The molecule has 8 nitrogen and oxygen atoms in total. The molecule has 1 saturated carbocycles. The Bertz CT molecular complexity index is 1910. The van der Waals surface area contributed by atoms with Crippen molar-refractivity contribution in [1.82, 2.24) is 14.8 Å². The first kappa shape index (κ1) is 29.4. The van der Waals surface area contributed by atoms with Gasteiger partial charge in [0.2, 0.25) is 15.2 Å². The number of ether oxygens (including phenoxy) is 1. The topological polar surface area (TPSA) is 113 Å². The first-order chi connectivity index (χ1) is 20.6. The number of aromatic nitrogens is 3. The van der Waals surface area contributed by atoms with Gasteiger partial charge in [-0.1, -0.05) is 6.07 Å². The molecule has 0 bridgehead atoms. The maximum absolute atomic E-state index is 15.0. The molecule has 5 aromatic rings. The summed E-state index contributed by atoms with van der Waals surface area (Å²) >= 11 is 1.44. The van der Waals surface area contributed by atoms with Crippen LogP contribution >= 0.6 is 11.3 Å². The molecule has 0 radical (unpaired) electrons. The summed E-state index contributed by atoms with van der Waals surface area (Å²) in [6.45, 7) is 4.67. The van der Waals surface area contributed by atoms with Crippen molar-refractivity contribution in [3.63, 3.8) is 0 Å². The van der Waals surface area contributed by atoms with Gasteiger partial charge in [-0.25, -0.2) is 32.0 Å². The highest BCUT2D eigenvalue weighted by Gasteiger charge is 2.29. The highest BCUT2D eigenvalue weighted by molar-refractivity contribution is 7.89. The fourth-order valence-corrected chi connectivity index (χ4v) is 6.43. The number of thiazole rings is 1. The molecule has 0 saturated heterocycles. The Kier molecular flexibility index (Phi) is 8.03. The zero-order valence-electron chi connectivity index (χ0n) is 23.6. The molecule has 224 valence electrons. The molecular weight excluding hydrogens is 594 g/mol. The molecule has 0 aliphatic heterocycles. The number of hydrogen-bond donors (Lipinski definition) is 1. The van der Waals surface area contributed by atoms with Gasteiger partial charge in [-0.2, -0.15) is 5.10 Å². The second kappa shape index (κ2) is 11.8. The van der Waals surface area contributed by atoms with Gasteiger partial charge in [0.25, 0.3) is 0 Å². The lowest BCUT2D eigenvalue weighted by molar-refractivity contribution is 0.131. The van der Waals surface area contributed by atoms with Gasteiger partial charge in [0.1, 0.15) is 28.1 Å². The Morgan fingerprint density at radius 1 is 1.12 bits per heavy atom. The molecule has 1 fully saturated rings. The zero-order chi connectivity index (χ0) is 30.3. The summed E-state index contributed by atoms with van der Waals surface area (Å²) in [6.07, 6.45) is 3.15. The lowest BCUT2D eigenvalue weighted by Gasteiger charge is -2.10. The van der Waals surface area contributed by atoms with Gasteiger partial charge in [-0.15, -0.1) is 11.3 Å². The molecule has 3 heterocycles. The molecular formula is C31H30F2N4O4S2. The molecule has 3 aromatic heterocycles. The molecule has 0 atom stereocenters. The number of primary sulfonamides is 1. The highest BCUT2D eigenvalue weighted by atomic mass is 32.2. The molecule has 0 amide bonds. The maximum atomic E-state index is 15.0. The quantitative estimate of drug-likeness (QED) is 0.178. The Morgan fingerprint density at radius 2 is 1.93 bits per heavy atom. The number of hydrogen-bond acceptors (Lipinski definition) is 7. The second-order valence-electron chi connectivity index (χ2n) is 10.7. The van der Waals surface area contributed by atoms with Gasteiger partial charge in [0.05, 0.1) is 29.3 Å². The lowest BCUT2D eigenvalue weighted by atomic mass is 9.96. The van der Waals surface area contributed by atoms with E-state index in [4.69, 9.17) is 24.4 Å². The smallest absolute Gasteiger partial charge is 0.240 e. The SMILES string of the molecule is CCOCc1csc(-n2nc(-c3ccc(F)c(-c4ccc(C)o4)c3)c(Cc3ccc(S(N)(=O)=O)c(F)c3)c2CC2CC2)n1. The Morgan fingerprint density at radius 3 is 2.60 bits per heavy atom. The van der Waals surface area contributed by atoms with E-state index in [1.165, 1.54) is 29.5 Å². The fourth-order valence-electron chi connectivity index (χ4n) is 5.06. The number of nitrogens with zero attached hydrogens (tertiary/aromatic N) is 3. The molecule has 43 heavy (non-hydrogen) atoms. The third-order valence-corrected chi connectivity index (χ3v) is 9.18. The Balaban J connectivity index is 1.51. The van der Waals surface area contributed by atoms with Gasteiger partial charge in [0, 0.05) is 29.5 Å². The molecule has 0 spiro atoms. The molecule has 12 heteroatoms. The van der Waals surface area contributed by atoms with Crippen LogP contribution in [0.2, 0.25) is 0 Å². The molecule has 2 aromatic carbocycles. The predicted molar refractivity (Wildman–Crippen MR) is 159 cm³/mol. The summed E-state index contributed by atoms with van der Waals surface area (Å²) in [5.41, 5.74) is 4.63. The molecule has 1 aliphatic carbocycles. The average Bonchev–Trinajstić information content (AvgIpc) is 3.31. The fraction of sp³-hybridized carbons (Fsp3) is 0.290. The van der Waals surface area contributed by atoms with Crippen LogP contribution in [-0.4, -0.2) is 29.8 Å². The minimum atomic E-state index is -4.21. The number of rotatable bonds is 11. The van der Waals surface area contributed by atoms with Gasteiger partial charge >= 0.3 is 0 Å². The van der Waals surface area contributed by atoms with Crippen molar-refractivity contribution in [3.8, 4) is 27.7 Å². The summed E-state index contributed by atoms with van der Waals surface area (Å²) in [5.74, 6) is 0.181. The van der Waals surface area contributed by atoms with Crippen molar-refractivity contribution in [2.45, 2.75) is 51.0 Å². The highest BCUT2D eigenvalue weighted by Crippen LogP contribution is 2.39. The number of sulfonamides is 1. The molecule has 6 rings (SSSR count). The van der Waals surface area contributed by atoms with Crippen LogP contribution in [0.25, 0.3) is 27.7 Å². The summed E-state index contributed by atoms with van der Waals surface area (Å²) in [4.78, 5) is 4.21. The Labute approximate surface area is 252 Å². The van der Waals surface area contributed by atoms with Crippen LogP contribution in [0, 0.1) is 24.5 Å². The zero-order valence-corrected chi connectivity index (χ0v) is 25.3. The lowest BCUT2D eigenvalue weighted by Crippen LogP contribution is -2.14. The van der Waals surface area contributed by atoms with Crippen molar-refractivity contribution in [1.29, 1.82) is 0 Å². The van der Waals surface area contributed by atoms with E-state index in [0.29, 0.717) is 58.2 Å². The van der Waals surface area contributed by atoms with Crippen molar-refractivity contribution < 1.29 is 26.4 Å². The van der Waals surface area contributed by atoms with Gasteiger partial charge in [-0.05, 0) is 87.1 Å². The monoisotopic (exact) mass is 624 g/mol. The van der Waals surface area contributed by atoms with Crippen LogP contribution in [0.4, 0.5) is 8.78 Å². The van der Waals surface area contributed by atoms with Crippen LogP contribution in [0.5, 0.6) is 0 Å². The van der Waals surface area contributed by atoms with E-state index in [2.05, 4.69) is 0 Å². The summed E-state index contributed by atoms with van der Waals surface area (Å²) in [6, 6.07) is 12.2. The summed E-state index contributed by atoms with van der Waals surface area (Å²) in [5, 5.41) is 12.8. The van der Waals surface area contributed by atoms with E-state index in [0.717, 1.165) is 36.2 Å². The minimum absolute atomic E-state index is 0.253. The summed E-state index contributed by atoms with van der Waals surface area (Å²) < 4.78 is 66.7. The van der Waals surface area contributed by atoms with E-state index < -0.39 is 26.6 Å². The molecule has 1 aliphatic rings. The van der Waals surface area contributed by atoms with E-state index >= 15 is 4.39 Å². The standard InChI is InChI=1S/C31H30F2N4O4S2/c1-3-40-16-22-17-42-31(35-22)37-27(14-19-5-6-19)24(12-20-7-11-29(26(33)13-20)43(34,38)39)30(36-37)21-8-9-25(32)23(15-21)28-10-4-18(2)41-28/h4,7-11,13,15,17,19H,3,5-6,12,14,16H2,1-2H3,(H2,34,38,39). The van der Waals surface area contributed by atoms with Gasteiger partial charge in [-0.3, -0.25) is 0 Å². The summed E-state index contributed by atoms with van der Waals surface area (Å²) in [7, 11) is -4.21. The normalized spacial score (nSPS) is 13.6. The number of aryl methyl sites for hydroxylation is 1. The first-order valence-electron chi connectivity index (χ1n) is 13.9. The van der Waals surface area contributed by atoms with E-state index in [9.17, 15) is 12.8 Å². The minimum Gasteiger partial charge on any atom is -0.461 e. The van der Waals surface area contributed by atoms with Crippen LogP contribution in [0.3, 0.4) is 0 Å². The third-order valence-electron chi connectivity index (χ3n) is 7.37. The van der Waals surface area contributed by atoms with Gasteiger partial charge < -0.3 is 9.15 Å². The van der Waals surface area contributed by atoms with Crippen molar-refractivity contribution >= 4 is 21.4 Å². The van der Waals surface area contributed by atoms with Crippen molar-refractivity contribution in [2.75, 3.05) is 6.61 Å². The van der Waals surface area contributed by atoms with Crippen LogP contribution in [0.1, 0.15) is 48.0 Å². The van der Waals surface area contributed by atoms with Crippen LogP contribution in [-0.2, 0) is 34.2 Å². The molecule has 0 unspecified atom stereocenters.